The molecule has 7 nitrogen and oxygen atoms in total. The summed E-state index contributed by atoms with van der Waals surface area (Å²) in [6, 6.07) is 0.811. The van der Waals surface area contributed by atoms with Gasteiger partial charge in [-0.1, -0.05) is 0 Å². The van der Waals surface area contributed by atoms with Crippen molar-refractivity contribution >= 4 is 17.5 Å². The van der Waals surface area contributed by atoms with Crippen molar-refractivity contribution < 1.29 is 4.92 Å². The van der Waals surface area contributed by atoms with E-state index in [1.54, 1.807) is 0 Å². The summed E-state index contributed by atoms with van der Waals surface area (Å²) in [5, 5.41) is 14.2. The molecule has 1 aromatic heterocycles. The van der Waals surface area contributed by atoms with Gasteiger partial charge >= 0.3 is 5.69 Å². The van der Waals surface area contributed by atoms with Crippen LogP contribution in [0.4, 0.5) is 17.5 Å². The van der Waals surface area contributed by atoms with Crippen LogP contribution < -0.4 is 10.2 Å². The summed E-state index contributed by atoms with van der Waals surface area (Å²) in [5.74, 6) is 0.964. The maximum absolute atomic E-state index is 11.0. The van der Waals surface area contributed by atoms with E-state index in [1.807, 2.05) is 0 Å². The summed E-state index contributed by atoms with van der Waals surface area (Å²) in [4.78, 5) is 21.4. The second kappa shape index (κ2) is 5.22. The number of hydrogen-bond acceptors (Lipinski definition) is 6. The average Bonchev–Trinajstić information content (AvgIpc) is 3.17. The third-order valence-electron chi connectivity index (χ3n) is 3.98. The molecule has 1 N–H and O–H groups in total. The molecule has 2 fully saturated rings. The van der Waals surface area contributed by atoms with Gasteiger partial charge in [-0.25, -0.2) is 4.98 Å². The number of anilines is 2. The highest BCUT2D eigenvalue weighted by Gasteiger charge is 2.30. The zero-order chi connectivity index (χ0) is 14.1. The minimum absolute atomic E-state index is 0.0367. The van der Waals surface area contributed by atoms with E-state index in [-0.39, 0.29) is 5.69 Å². The number of nitro groups is 1. The SMILES string of the molecule is CCN(c1ncc([N+](=O)[O-])c(NC2CC2)n1)C1CCC1. The fraction of sp³-hybridized carbons (Fsp3) is 0.692. The molecule has 2 aliphatic rings. The second-order valence-corrected chi connectivity index (χ2v) is 5.45. The lowest BCUT2D eigenvalue weighted by atomic mass is 9.92. The fourth-order valence-corrected chi connectivity index (χ4v) is 2.43. The summed E-state index contributed by atoms with van der Waals surface area (Å²) in [7, 11) is 0. The largest absolute Gasteiger partial charge is 0.361 e. The molecule has 1 heterocycles. The molecule has 0 spiro atoms. The van der Waals surface area contributed by atoms with Crippen molar-refractivity contribution in [2.75, 3.05) is 16.8 Å². The Hall–Kier alpha value is -1.92. The van der Waals surface area contributed by atoms with Gasteiger partial charge < -0.3 is 10.2 Å². The molecular weight excluding hydrogens is 258 g/mol. The lowest BCUT2D eigenvalue weighted by molar-refractivity contribution is -0.384. The summed E-state index contributed by atoms with van der Waals surface area (Å²) in [6.07, 6.45) is 6.97. The van der Waals surface area contributed by atoms with Gasteiger partial charge in [0.2, 0.25) is 11.8 Å². The van der Waals surface area contributed by atoms with Crippen LogP contribution in [0.15, 0.2) is 6.20 Å². The van der Waals surface area contributed by atoms with Crippen LogP contribution in [0, 0.1) is 10.1 Å². The molecule has 0 saturated heterocycles. The number of rotatable bonds is 6. The van der Waals surface area contributed by atoms with Crippen molar-refractivity contribution in [2.45, 2.75) is 51.1 Å². The number of hydrogen-bond donors (Lipinski definition) is 1. The molecule has 108 valence electrons. The van der Waals surface area contributed by atoms with E-state index in [0.717, 1.165) is 32.2 Å². The summed E-state index contributed by atoms with van der Waals surface area (Å²) in [5.41, 5.74) is -0.0367. The monoisotopic (exact) mass is 277 g/mol. The van der Waals surface area contributed by atoms with E-state index in [0.29, 0.717) is 23.8 Å². The molecule has 2 saturated carbocycles. The number of nitrogens with one attached hydrogen (secondary N) is 1. The lowest BCUT2D eigenvalue weighted by Crippen LogP contribution is -2.41. The van der Waals surface area contributed by atoms with Crippen LogP contribution in [-0.2, 0) is 0 Å². The molecule has 1 aromatic rings. The molecule has 0 unspecified atom stereocenters. The Morgan fingerprint density at radius 3 is 2.70 bits per heavy atom. The van der Waals surface area contributed by atoms with Crippen molar-refractivity contribution in [3.05, 3.63) is 16.3 Å². The van der Waals surface area contributed by atoms with Crippen LogP contribution in [0.5, 0.6) is 0 Å². The van der Waals surface area contributed by atoms with Crippen molar-refractivity contribution in [3.63, 3.8) is 0 Å². The zero-order valence-corrected chi connectivity index (χ0v) is 11.6. The zero-order valence-electron chi connectivity index (χ0n) is 11.6. The van der Waals surface area contributed by atoms with Gasteiger partial charge in [0.05, 0.1) is 4.92 Å². The van der Waals surface area contributed by atoms with Crippen LogP contribution in [0.3, 0.4) is 0 Å². The van der Waals surface area contributed by atoms with E-state index >= 15 is 0 Å². The highest BCUT2D eigenvalue weighted by atomic mass is 16.6. The molecule has 7 heteroatoms. The molecule has 0 radical (unpaired) electrons. The first kappa shape index (κ1) is 13.1. The maximum atomic E-state index is 11.0. The smallest absolute Gasteiger partial charge is 0.329 e. The van der Waals surface area contributed by atoms with Crippen molar-refractivity contribution in [3.8, 4) is 0 Å². The van der Waals surface area contributed by atoms with E-state index < -0.39 is 4.92 Å². The van der Waals surface area contributed by atoms with Crippen LogP contribution >= 0.6 is 0 Å². The predicted molar refractivity (Wildman–Crippen MR) is 76.0 cm³/mol. The van der Waals surface area contributed by atoms with Crippen LogP contribution in [0.25, 0.3) is 0 Å². The molecule has 0 amide bonds. The quantitative estimate of drug-likeness (QED) is 0.634. The third-order valence-corrected chi connectivity index (χ3v) is 3.98. The number of aromatic nitrogens is 2. The van der Waals surface area contributed by atoms with Crippen LogP contribution in [0.1, 0.15) is 39.0 Å². The third kappa shape index (κ3) is 2.52. The molecule has 0 aliphatic heterocycles. The van der Waals surface area contributed by atoms with E-state index in [1.165, 1.54) is 12.6 Å². The van der Waals surface area contributed by atoms with Gasteiger partial charge in [-0.05, 0) is 39.0 Å². The number of nitrogens with zero attached hydrogens (tertiary/aromatic N) is 4. The Labute approximate surface area is 117 Å². The average molecular weight is 277 g/mol. The van der Waals surface area contributed by atoms with E-state index in [2.05, 4.69) is 27.1 Å². The second-order valence-electron chi connectivity index (χ2n) is 5.45. The first-order valence-corrected chi connectivity index (χ1v) is 7.23. The Balaban J connectivity index is 1.88. The van der Waals surface area contributed by atoms with Crippen LogP contribution in [0.2, 0.25) is 0 Å². The van der Waals surface area contributed by atoms with Gasteiger partial charge in [0.1, 0.15) is 6.20 Å². The fourth-order valence-electron chi connectivity index (χ4n) is 2.43. The molecule has 3 rings (SSSR count). The van der Waals surface area contributed by atoms with E-state index in [9.17, 15) is 10.1 Å². The topological polar surface area (TPSA) is 84.2 Å². The van der Waals surface area contributed by atoms with E-state index in [4.69, 9.17) is 0 Å². The lowest BCUT2D eigenvalue weighted by Gasteiger charge is -2.36. The standard InChI is InChI=1S/C13H19N5O2/c1-2-17(10-4-3-5-10)13-14-8-11(18(19)20)12(16-13)15-9-6-7-9/h8-10H,2-7H2,1H3,(H,14,15,16). The summed E-state index contributed by atoms with van der Waals surface area (Å²) in [6.45, 7) is 2.89. The van der Waals surface area contributed by atoms with Gasteiger partial charge in [0.15, 0.2) is 0 Å². The van der Waals surface area contributed by atoms with Crippen molar-refractivity contribution in [2.24, 2.45) is 0 Å². The maximum Gasteiger partial charge on any atom is 0.329 e. The first-order valence-electron chi connectivity index (χ1n) is 7.23. The molecule has 2 aliphatic carbocycles. The summed E-state index contributed by atoms with van der Waals surface area (Å²) >= 11 is 0. The van der Waals surface area contributed by atoms with Gasteiger partial charge in [0.25, 0.3) is 0 Å². The van der Waals surface area contributed by atoms with Gasteiger partial charge in [-0.15, -0.1) is 0 Å². The minimum Gasteiger partial charge on any atom is -0.361 e. The Morgan fingerprint density at radius 1 is 1.45 bits per heavy atom. The minimum atomic E-state index is -0.422. The Morgan fingerprint density at radius 2 is 2.20 bits per heavy atom. The van der Waals surface area contributed by atoms with Gasteiger partial charge in [0, 0.05) is 18.6 Å². The van der Waals surface area contributed by atoms with Crippen molar-refractivity contribution in [1.82, 2.24) is 9.97 Å². The molecule has 0 aromatic carbocycles. The van der Waals surface area contributed by atoms with Gasteiger partial charge in [-0.3, -0.25) is 10.1 Å². The highest BCUT2D eigenvalue weighted by Crippen LogP contribution is 2.32. The van der Waals surface area contributed by atoms with Crippen molar-refractivity contribution in [1.29, 1.82) is 0 Å². The molecule has 20 heavy (non-hydrogen) atoms. The predicted octanol–water partition coefficient (Wildman–Crippen LogP) is 2.34. The Bertz CT molecular complexity index is 513. The first-order chi connectivity index (χ1) is 9.69. The molecule has 0 bridgehead atoms. The Kier molecular flexibility index (Phi) is 3.42. The summed E-state index contributed by atoms with van der Waals surface area (Å²) < 4.78 is 0. The normalized spacial score (nSPS) is 18.4. The molecule has 0 atom stereocenters. The van der Waals surface area contributed by atoms with Crippen LogP contribution in [-0.4, -0.2) is 33.5 Å². The van der Waals surface area contributed by atoms with Gasteiger partial charge in [-0.2, -0.15) is 4.98 Å². The highest BCUT2D eigenvalue weighted by molar-refractivity contribution is 5.58. The molecular formula is C13H19N5O2.